The molecule has 0 amide bonds. The fourth-order valence-electron chi connectivity index (χ4n) is 2.75. The Morgan fingerprint density at radius 2 is 1.16 bits per heavy atom. The summed E-state index contributed by atoms with van der Waals surface area (Å²) in [6.07, 6.45) is 18.3. The van der Waals surface area contributed by atoms with Crippen molar-refractivity contribution in [2.75, 3.05) is 6.54 Å². The highest BCUT2D eigenvalue weighted by Crippen LogP contribution is 2.13. The Hall–Kier alpha value is -0.0400. The fraction of sp³-hybridized carbons (Fsp3) is 1.00. The van der Waals surface area contributed by atoms with Crippen LogP contribution < -0.4 is 5.32 Å². The van der Waals surface area contributed by atoms with Crippen molar-refractivity contribution in [3.63, 3.8) is 0 Å². The lowest BCUT2D eigenvalue weighted by molar-refractivity contribution is 0.426. The van der Waals surface area contributed by atoms with Crippen LogP contribution in [0.3, 0.4) is 0 Å². The van der Waals surface area contributed by atoms with E-state index in [4.69, 9.17) is 0 Å². The van der Waals surface area contributed by atoms with E-state index < -0.39 is 0 Å². The van der Waals surface area contributed by atoms with Crippen LogP contribution in [-0.2, 0) is 0 Å². The first-order valence-electron chi connectivity index (χ1n) is 9.08. The van der Waals surface area contributed by atoms with Gasteiger partial charge in [0.15, 0.2) is 0 Å². The molecule has 19 heavy (non-hydrogen) atoms. The topological polar surface area (TPSA) is 12.0 Å². The van der Waals surface area contributed by atoms with E-state index in [2.05, 4.69) is 26.1 Å². The average molecular weight is 270 g/mol. The molecular formula is C18H39N. The normalized spacial score (nSPS) is 12.8. The van der Waals surface area contributed by atoms with Gasteiger partial charge in [-0.15, -0.1) is 0 Å². The predicted molar refractivity (Wildman–Crippen MR) is 88.8 cm³/mol. The Balaban J connectivity index is 3.29. The molecule has 1 nitrogen and oxygen atoms in total. The van der Waals surface area contributed by atoms with Gasteiger partial charge < -0.3 is 5.32 Å². The Labute approximate surface area is 122 Å². The van der Waals surface area contributed by atoms with Gasteiger partial charge in [0.25, 0.3) is 0 Å². The van der Waals surface area contributed by atoms with Crippen LogP contribution >= 0.6 is 0 Å². The molecule has 1 heteroatoms. The molecule has 0 radical (unpaired) electrons. The molecule has 0 saturated carbocycles. The molecule has 0 heterocycles. The minimum absolute atomic E-state index is 0.787. The molecule has 0 aromatic rings. The highest BCUT2D eigenvalue weighted by Gasteiger charge is 2.05. The van der Waals surface area contributed by atoms with Gasteiger partial charge in [0.2, 0.25) is 0 Å². The summed E-state index contributed by atoms with van der Waals surface area (Å²) in [5.74, 6) is 0. The van der Waals surface area contributed by atoms with Crippen LogP contribution in [0.5, 0.6) is 0 Å². The maximum absolute atomic E-state index is 3.70. The van der Waals surface area contributed by atoms with Gasteiger partial charge in [-0.2, -0.15) is 0 Å². The predicted octanol–water partition coefficient (Wildman–Crippen LogP) is 6.08. The summed E-state index contributed by atoms with van der Waals surface area (Å²) in [6.45, 7) is 8.05. The Morgan fingerprint density at radius 1 is 0.579 bits per heavy atom. The second kappa shape index (κ2) is 16.0. The van der Waals surface area contributed by atoms with Crippen LogP contribution in [0.2, 0.25) is 0 Å². The molecule has 0 saturated heterocycles. The molecule has 116 valence electrons. The Morgan fingerprint density at radius 3 is 1.68 bits per heavy atom. The Bertz CT molecular complexity index is 156. The largest absolute Gasteiger partial charge is 0.314 e. The summed E-state index contributed by atoms with van der Waals surface area (Å²) in [6, 6.07) is 0.787. The molecule has 0 aromatic carbocycles. The summed E-state index contributed by atoms with van der Waals surface area (Å²) < 4.78 is 0. The van der Waals surface area contributed by atoms with E-state index in [9.17, 15) is 0 Å². The molecule has 1 N–H and O–H groups in total. The van der Waals surface area contributed by atoms with Crippen molar-refractivity contribution in [1.29, 1.82) is 0 Å². The summed E-state index contributed by atoms with van der Waals surface area (Å²) in [5.41, 5.74) is 0. The molecule has 0 bridgehead atoms. The molecule has 0 aliphatic carbocycles. The summed E-state index contributed by atoms with van der Waals surface area (Å²) >= 11 is 0. The van der Waals surface area contributed by atoms with Crippen LogP contribution in [0.15, 0.2) is 0 Å². The second-order valence-corrected chi connectivity index (χ2v) is 6.06. The van der Waals surface area contributed by atoms with Crippen LogP contribution in [0.1, 0.15) is 104 Å². The standard InChI is InChI=1S/C18H39N/c1-4-7-8-9-10-11-12-13-14-16-18(15-5-2)19-17-6-3/h18-19H,4-17H2,1-3H3. The van der Waals surface area contributed by atoms with Crippen LogP contribution in [0.25, 0.3) is 0 Å². The van der Waals surface area contributed by atoms with E-state index in [0.29, 0.717) is 0 Å². The third-order valence-electron chi connectivity index (χ3n) is 3.98. The van der Waals surface area contributed by atoms with Crippen molar-refractivity contribution in [2.24, 2.45) is 0 Å². The SMILES string of the molecule is CCCCCCCCCCCC(CCC)NCCC. The lowest BCUT2D eigenvalue weighted by Gasteiger charge is -2.17. The molecule has 0 aliphatic heterocycles. The van der Waals surface area contributed by atoms with E-state index in [1.54, 1.807) is 0 Å². The minimum Gasteiger partial charge on any atom is -0.314 e. The molecule has 0 spiro atoms. The van der Waals surface area contributed by atoms with Crippen molar-refractivity contribution in [3.8, 4) is 0 Å². The van der Waals surface area contributed by atoms with Gasteiger partial charge in [0.05, 0.1) is 0 Å². The van der Waals surface area contributed by atoms with E-state index in [1.165, 1.54) is 90.0 Å². The minimum atomic E-state index is 0.787. The van der Waals surface area contributed by atoms with Crippen molar-refractivity contribution in [2.45, 2.75) is 110 Å². The van der Waals surface area contributed by atoms with Crippen LogP contribution in [0.4, 0.5) is 0 Å². The van der Waals surface area contributed by atoms with E-state index in [0.717, 1.165) is 6.04 Å². The number of rotatable bonds is 15. The first-order valence-corrected chi connectivity index (χ1v) is 9.08. The maximum atomic E-state index is 3.70. The fourth-order valence-corrected chi connectivity index (χ4v) is 2.75. The maximum Gasteiger partial charge on any atom is 0.00669 e. The third kappa shape index (κ3) is 14.2. The second-order valence-electron chi connectivity index (χ2n) is 6.06. The monoisotopic (exact) mass is 269 g/mol. The molecule has 1 atom stereocenters. The summed E-state index contributed by atoms with van der Waals surface area (Å²) in [7, 11) is 0. The zero-order valence-electron chi connectivity index (χ0n) is 14.0. The molecule has 0 aromatic heterocycles. The lowest BCUT2D eigenvalue weighted by Crippen LogP contribution is -2.29. The van der Waals surface area contributed by atoms with Gasteiger partial charge in [0.1, 0.15) is 0 Å². The Kier molecular flexibility index (Phi) is 16.0. The highest BCUT2D eigenvalue weighted by atomic mass is 14.9. The van der Waals surface area contributed by atoms with E-state index >= 15 is 0 Å². The van der Waals surface area contributed by atoms with Gasteiger partial charge in [0, 0.05) is 6.04 Å². The van der Waals surface area contributed by atoms with Gasteiger partial charge in [-0.25, -0.2) is 0 Å². The van der Waals surface area contributed by atoms with Crippen LogP contribution in [0, 0.1) is 0 Å². The summed E-state index contributed by atoms with van der Waals surface area (Å²) in [4.78, 5) is 0. The number of unbranched alkanes of at least 4 members (excludes halogenated alkanes) is 8. The first-order chi connectivity index (χ1) is 9.35. The first kappa shape index (κ1) is 19.0. The van der Waals surface area contributed by atoms with E-state index in [-0.39, 0.29) is 0 Å². The lowest BCUT2D eigenvalue weighted by atomic mass is 10.0. The quantitative estimate of drug-likeness (QED) is 0.355. The molecule has 1 unspecified atom stereocenters. The number of hydrogen-bond donors (Lipinski definition) is 1. The van der Waals surface area contributed by atoms with Crippen molar-refractivity contribution in [3.05, 3.63) is 0 Å². The average Bonchev–Trinajstić information content (AvgIpc) is 2.42. The zero-order valence-corrected chi connectivity index (χ0v) is 14.0. The molecular weight excluding hydrogens is 230 g/mol. The number of nitrogens with one attached hydrogen (secondary N) is 1. The van der Waals surface area contributed by atoms with Gasteiger partial charge in [-0.1, -0.05) is 85.0 Å². The third-order valence-corrected chi connectivity index (χ3v) is 3.98. The molecule has 0 rings (SSSR count). The van der Waals surface area contributed by atoms with Crippen molar-refractivity contribution in [1.82, 2.24) is 5.32 Å². The highest BCUT2D eigenvalue weighted by molar-refractivity contribution is 4.66. The smallest absolute Gasteiger partial charge is 0.00669 e. The molecule has 0 aliphatic rings. The summed E-state index contributed by atoms with van der Waals surface area (Å²) in [5, 5.41) is 3.70. The van der Waals surface area contributed by atoms with Crippen LogP contribution in [-0.4, -0.2) is 12.6 Å². The van der Waals surface area contributed by atoms with E-state index in [1.807, 2.05) is 0 Å². The number of hydrogen-bond acceptors (Lipinski definition) is 1. The van der Waals surface area contributed by atoms with Gasteiger partial charge in [-0.05, 0) is 25.8 Å². The molecule has 0 fully saturated rings. The van der Waals surface area contributed by atoms with Gasteiger partial charge in [-0.3, -0.25) is 0 Å². The van der Waals surface area contributed by atoms with Crippen molar-refractivity contribution >= 4 is 0 Å². The van der Waals surface area contributed by atoms with Crippen molar-refractivity contribution < 1.29 is 0 Å². The zero-order chi connectivity index (χ0) is 14.2. The van der Waals surface area contributed by atoms with Gasteiger partial charge >= 0.3 is 0 Å².